The van der Waals surface area contributed by atoms with E-state index in [9.17, 15) is 17.6 Å². The third kappa shape index (κ3) is 5.92. The lowest BCUT2D eigenvalue weighted by molar-refractivity contribution is -0.140. The number of anilines is 2. The summed E-state index contributed by atoms with van der Waals surface area (Å²) in [6.07, 6.45) is 0.869. The standard InChI is InChI=1S/C21H23ClF3N5O2.C7H12FN/c1-31-20-27-14-6-15(18-17(21(23,24)25)13(22)5-16(26)28-18)32-9-12(14)19(29-20)30-7-10-2-3-11(4-10)8-30;8-6-4-7-2-1-3-9(7)5-6/h5,10-11,15H,2-4,6-9H2,1H3,(H2,26,28);6-7H,1-5H2. The van der Waals surface area contributed by atoms with Crippen molar-refractivity contribution >= 4 is 23.2 Å². The fraction of sp³-hybridized carbons (Fsp3) is 0.679. The first-order valence-electron chi connectivity index (χ1n) is 14.3. The molecule has 0 aromatic carbocycles. The van der Waals surface area contributed by atoms with Crippen LogP contribution < -0.4 is 15.4 Å². The van der Waals surface area contributed by atoms with Crippen LogP contribution in [0.25, 0.3) is 0 Å². The van der Waals surface area contributed by atoms with Gasteiger partial charge in [-0.2, -0.15) is 23.1 Å². The molecular formula is C28H35ClF4N6O2. The molecule has 0 amide bonds. The number of ether oxygens (including phenoxy) is 2. The Hall–Kier alpha value is -2.44. The number of fused-ring (bicyclic) bond motifs is 4. The molecule has 2 N–H and O–H groups in total. The fourth-order valence-corrected chi connectivity index (χ4v) is 7.55. The molecule has 224 valence electrons. The molecule has 5 aliphatic rings. The lowest BCUT2D eigenvalue weighted by atomic mass is 9.96. The van der Waals surface area contributed by atoms with Crippen molar-refractivity contribution < 1.29 is 27.0 Å². The maximum absolute atomic E-state index is 13.7. The normalized spacial score (nSPS) is 29.1. The Morgan fingerprint density at radius 1 is 1.07 bits per heavy atom. The van der Waals surface area contributed by atoms with E-state index >= 15 is 0 Å². The van der Waals surface area contributed by atoms with Crippen LogP contribution in [-0.2, 0) is 23.9 Å². The van der Waals surface area contributed by atoms with Gasteiger partial charge in [-0.25, -0.2) is 9.37 Å². The van der Waals surface area contributed by atoms with Crippen molar-refractivity contribution in [2.75, 3.05) is 43.9 Å². The van der Waals surface area contributed by atoms with Crippen LogP contribution >= 0.6 is 11.6 Å². The summed E-state index contributed by atoms with van der Waals surface area (Å²) in [4.78, 5) is 17.5. The molecule has 2 aromatic heterocycles. The fourth-order valence-electron chi connectivity index (χ4n) is 7.23. The van der Waals surface area contributed by atoms with E-state index in [0.717, 1.165) is 43.5 Å². The molecule has 1 aliphatic carbocycles. The van der Waals surface area contributed by atoms with Gasteiger partial charge in [0.05, 0.1) is 35.7 Å². The molecule has 5 unspecified atom stereocenters. The van der Waals surface area contributed by atoms with Crippen molar-refractivity contribution in [2.24, 2.45) is 11.8 Å². The van der Waals surface area contributed by atoms with Gasteiger partial charge in [0.15, 0.2) is 0 Å². The van der Waals surface area contributed by atoms with Gasteiger partial charge in [0.1, 0.15) is 23.9 Å². The Morgan fingerprint density at radius 2 is 1.83 bits per heavy atom. The number of nitrogen functional groups attached to an aromatic ring is 1. The van der Waals surface area contributed by atoms with Crippen molar-refractivity contribution in [2.45, 2.75) is 76.0 Å². The number of hydrogen-bond donors (Lipinski definition) is 1. The number of rotatable bonds is 3. The molecule has 41 heavy (non-hydrogen) atoms. The number of aromatic nitrogens is 3. The van der Waals surface area contributed by atoms with E-state index in [2.05, 4.69) is 24.8 Å². The van der Waals surface area contributed by atoms with Gasteiger partial charge >= 0.3 is 12.2 Å². The van der Waals surface area contributed by atoms with E-state index < -0.39 is 29.0 Å². The van der Waals surface area contributed by atoms with Crippen molar-refractivity contribution in [3.63, 3.8) is 0 Å². The maximum atomic E-state index is 13.7. The summed E-state index contributed by atoms with van der Waals surface area (Å²) < 4.78 is 65.0. The number of nitrogens with two attached hydrogens (primary N) is 1. The second-order valence-corrected chi connectivity index (χ2v) is 12.2. The first-order valence-corrected chi connectivity index (χ1v) is 14.7. The van der Waals surface area contributed by atoms with Gasteiger partial charge in [-0.3, -0.25) is 4.90 Å². The van der Waals surface area contributed by atoms with Crippen LogP contribution in [-0.4, -0.2) is 65.4 Å². The monoisotopic (exact) mass is 598 g/mol. The van der Waals surface area contributed by atoms with Crippen molar-refractivity contribution in [1.29, 1.82) is 0 Å². The van der Waals surface area contributed by atoms with Crippen LogP contribution in [0.2, 0.25) is 5.02 Å². The highest BCUT2D eigenvalue weighted by molar-refractivity contribution is 6.31. The van der Waals surface area contributed by atoms with Crippen molar-refractivity contribution in [3.05, 3.63) is 33.6 Å². The number of hydrogen-bond acceptors (Lipinski definition) is 8. The molecule has 0 spiro atoms. The third-order valence-corrected chi connectivity index (χ3v) is 9.31. The van der Waals surface area contributed by atoms with Crippen LogP contribution in [0, 0.1) is 11.8 Å². The van der Waals surface area contributed by atoms with Gasteiger partial charge in [0.25, 0.3) is 0 Å². The molecule has 13 heteroatoms. The predicted molar refractivity (Wildman–Crippen MR) is 146 cm³/mol. The van der Waals surface area contributed by atoms with E-state index in [-0.39, 0.29) is 30.5 Å². The number of piperidine rings is 1. The minimum atomic E-state index is -4.70. The van der Waals surface area contributed by atoms with Crippen LogP contribution in [0.5, 0.6) is 6.01 Å². The van der Waals surface area contributed by atoms with E-state index in [4.69, 9.17) is 26.8 Å². The molecular weight excluding hydrogens is 564 g/mol. The molecule has 4 fully saturated rings. The van der Waals surface area contributed by atoms with Crippen molar-refractivity contribution in [3.8, 4) is 6.01 Å². The molecule has 5 atom stereocenters. The smallest absolute Gasteiger partial charge is 0.419 e. The van der Waals surface area contributed by atoms with E-state index in [1.807, 2.05) is 0 Å². The van der Waals surface area contributed by atoms with Gasteiger partial charge in [-0.1, -0.05) is 11.6 Å². The Kier molecular flexibility index (Phi) is 7.92. The molecule has 8 nitrogen and oxygen atoms in total. The van der Waals surface area contributed by atoms with Gasteiger partial charge in [0, 0.05) is 37.7 Å². The minimum absolute atomic E-state index is 0.0660. The topological polar surface area (TPSA) is 89.6 Å². The zero-order valence-corrected chi connectivity index (χ0v) is 23.7. The largest absolute Gasteiger partial charge is 0.467 e. The summed E-state index contributed by atoms with van der Waals surface area (Å²) in [7, 11) is 1.48. The van der Waals surface area contributed by atoms with Crippen LogP contribution in [0.1, 0.15) is 67.1 Å². The zero-order chi connectivity index (χ0) is 28.9. The molecule has 3 saturated heterocycles. The SMILES string of the molecule is COc1nc2c(c(N3CC4CCC(C4)C3)n1)COC(c1nc(N)cc(Cl)c1C(F)(F)F)C2.FC1CC2CCCN2C1. The summed E-state index contributed by atoms with van der Waals surface area (Å²) >= 11 is 5.90. The van der Waals surface area contributed by atoms with Gasteiger partial charge in [0.2, 0.25) is 0 Å². The number of methoxy groups -OCH3 is 1. The van der Waals surface area contributed by atoms with E-state index in [1.165, 1.54) is 39.2 Å². The molecule has 4 aliphatic heterocycles. The molecule has 7 rings (SSSR count). The lowest BCUT2D eigenvalue weighted by Gasteiger charge is -2.36. The van der Waals surface area contributed by atoms with Crippen LogP contribution in [0.3, 0.4) is 0 Å². The second kappa shape index (κ2) is 11.3. The van der Waals surface area contributed by atoms with Gasteiger partial charge < -0.3 is 20.1 Å². The summed E-state index contributed by atoms with van der Waals surface area (Å²) in [5, 5.41) is -0.501. The average molecular weight is 599 g/mol. The zero-order valence-electron chi connectivity index (χ0n) is 23.0. The van der Waals surface area contributed by atoms with Crippen LogP contribution in [0.15, 0.2) is 6.07 Å². The number of halogens is 5. The first kappa shape index (κ1) is 28.7. The summed E-state index contributed by atoms with van der Waals surface area (Å²) in [5.41, 5.74) is 5.72. The molecule has 0 radical (unpaired) electrons. The Balaban J connectivity index is 0.000000283. The Morgan fingerprint density at radius 3 is 2.51 bits per heavy atom. The highest BCUT2D eigenvalue weighted by Gasteiger charge is 2.42. The number of nitrogens with zero attached hydrogens (tertiary/aromatic N) is 5. The third-order valence-electron chi connectivity index (χ3n) is 9.01. The Labute approximate surface area is 241 Å². The number of alkyl halides is 4. The average Bonchev–Trinajstić information content (AvgIpc) is 3.60. The molecule has 1 saturated carbocycles. The van der Waals surface area contributed by atoms with Gasteiger partial charge in [-0.15, -0.1) is 0 Å². The molecule has 2 bridgehead atoms. The number of pyridine rings is 1. The van der Waals surface area contributed by atoms with Gasteiger partial charge in [-0.05, 0) is 63.0 Å². The first-order chi connectivity index (χ1) is 19.6. The maximum Gasteiger partial charge on any atom is 0.419 e. The Bertz CT molecular complexity index is 1260. The van der Waals surface area contributed by atoms with E-state index in [0.29, 0.717) is 30.1 Å². The highest BCUT2D eigenvalue weighted by Crippen LogP contribution is 2.44. The predicted octanol–water partition coefficient (Wildman–Crippen LogP) is 5.38. The minimum Gasteiger partial charge on any atom is -0.467 e. The second-order valence-electron chi connectivity index (χ2n) is 11.8. The summed E-state index contributed by atoms with van der Waals surface area (Å²) in [6, 6.07) is 1.80. The highest BCUT2D eigenvalue weighted by atomic mass is 35.5. The molecule has 2 aromatic rings. The molecule has 6 heterocycles. The summed E-state index contributed by atoms with van der Waals surface area (Å²) in [5.74, 6) is 1.92. The summed E-state index contributed by atoms with van der Waals surface area (Å²) in [6.45, 7) is 3.72. The van der Waals surface area contributed by atoms with Crippen LogP contribution in [0.4, 0.5) is 29.2 Å². The lowest BCUT2D eigenvalue weighted by Crippen LogP contribution is -2.38. The van der Waals surface area contributed by atoms with E-state index in [1.54, 1.807) is 0 Å². The quantitative estimate of drug-likeness (QED) is 0.471. The van der Waals surface area contributed by atoms with Crippen molar-refractivity contribution in [1.82, 2.24) is 19.9 Å².